The molecule has 2 aromatic carbocycles. The Balaban J connectivity index is 1.51. The topological polar surface area (TPSA) is 64.6 Å². The third-order valence-electron chi connectivity index (χ3n) is 7.18. The van der Waals surface area contributed by atoms with Gasteiger partial charge in [-0.25, -0.2) is 13.1 Å². The smallest absolute Gasteiger partial charge is 0.244 e. The maximum absolute atomic E-state index is 13.6. The normalized spacial score (nSPS) is 22.3. The van der Waals surface area contributed by atoms with Gasteiger partial charge in [0.05, 0.1) is 13.2 Å². The summed E-state index contributed by atoms with van der Waals surface area (Å²) in [5, 5.41) is 0. The molecule has 1 fully saturated rings. The van der Waals surface area contributed by atoms with Crippen molar-refractivity contribution < 1.29 is 17.9 Å². The van der Waals surface area contributed by atoms with Crippen molar-refractivity contribution in [1.82, 2.24) is 4.72 Å². The molecule has 0 bridgehead atoms. The average molecular weight is 442 g/mol. The molecule has 1 spiro atoms. The number of benzene rings is 2. The first-order valence-corrected chi connectivity index (χ1v) is 13.0. The third kappa shape index (κ3) is 3.96. The van der Waals surface area contributed by atoms with Crippen LogP contribution in [0.1, 0.15) is 74.1 Å². The number of hydrogen-bond donors (Lipinski definition) is 1. The van der Waals surface area contributed by atoms with Gasteiger partial charge in [0.15, 0.2) is 0 Å². The van der Waals surface area contributed by atoms with Crippen molar-refractivity contribution in [1.29, 1.82) is 0 Å². The Hall–Kier alpha value is -2.05. The summed E-state index contributed by atoms with van der Waals surface area (Å²) >= 11 is 0. The number of ether oxygens (including phenoxy) is 2. The number of fused-ring (bicyclic) bond motifs is 2. The number of aryl methyl sites for hydroxylation is 2. The van der Waals surface area contributed by atoms with Gasteiger partial charge in [-0.05, 0) is 80.7 Å². The van der Waals surface area contributed by atoms with Crippen molar-refractivity contribution in [3.05, 3.63) is 53.1 Å². The van der Waals surface area contributed by atoms with E-state index < -0.39 is 10.0 Å². The first-order chi connectivity index (χ1) is 15.0. The van der Waals surface area contributed by atoms with Crippen molar-refractivity contribution >= 4 is 10.0 Å². The van der Waals surface area contributed by atoms with Gasteiger partial charge in [-0.3, -0.25) is 0 Å². The molecule has 0 amide bonds. The Morgan fingerprint density at radius 1 is 1.00 bits per heavy atom. The highest BCUT2D eigenvalue weighted by Crippen LogP contribution is 2.46. The van der Waals surface area contributed by atoms with E-state index in [4.69, 9.17) is 9.47 Å². The van der Waals surface area contributed by atoms with Crippen LogP contribution in [0, 0.1) is 0 Å². The van der Waals surface area contributed by atoms with Crippen LogP contribution in [0.2, 0.25) is 0 Å². The highest BCUT2D eigenvalue weighted by molar-refractivity contribution is 7.89. The van der Waals surface area contributed by atoms with Crippen molar-refractivity contribution in [3.63, 3.8) is 0 Å². The highest BCUT2D eigenvalue weighted by Gasteiger charge is 2.43. The van der Waals surface area contributed by atoms with E-state index in [2.05, 4.69) is 4.72 Å². The molecular formula is C25H31NO4S. The summed E-state index contributed by atoms with van der Waals surface area (Å²) in [6.07, 6.45) is 10.2. The van der Waals surface area contributed by atoms with Crippen LogP contribution in [0.5, 0.6) is 11.5 Å². The van der Waals surface area contributed by atoms with Crippen molar-refractivity contribution in [2.45, 2.75) is 80.7 Å². The molecule has 0 radical (unpaired) electrons. The Kier molecular flexibility index (Phi) is 5.47. The third-order valence-corrected chi connectivity index (χ3v) is 8.67. The van der Waals surface area contributed by atoms with Gasteiger partial charge < -0.3 is 9.47 Å². The summed E-state index contributed by atoms with van der Waals surface area (Å²) in [6.45, 7) is 0. The van der Waals surface area contributed by atoms with Crippen LogP contribution in [0.4, 0.5) is 0 Å². The predicted molar refractivity (Wildman–Crippen MR) is 120 cm³/mol. The van der Waals surface area contributed by atoms with Crippen LogP contribution >= 0.6 is 0 Å². The van der Waals surface area contributed by atoms with Crippen LogP contribution < -0.4 is 14.2 Å². The molecule has 31 heavy (non-hydrogen) atoms. The molecule has 2 aliphatic carbocycles. The fourth-order valence-corrected chi connectivity index (χ4v) is 7.00. The average Bonchev–Trinajstić information content (AvgIpc) is 2.78. The second-order valence-corrected chi connectivity index (χ2v) is 10.9. The summed E-state index contributed by atoms with van der Waals surface area (Å²) in [4.78, 5) is 0.248. The maximum Gasteiger partial charge on any atom is 0.244 e. The Bertz CT molecular complexity index is 1070. The van der Waals surface area contributed by atoms with Crippen LogP contribution in [0.15, 0.2) is 41.3 Å². The van der Waals surface area contributed by atoms with Crippen LogP contribution in [-0.4, -0.2) is 21.1 Å². The van der Waals surface area contributed by atoms with E-state index in [-0.39, 0.29) is 16.5 Å². The molecule has 3 aliphatic rings. The number of methoxy groups -OCH3 is 1. The van der Waals surface area contributed by atoms with Crippen molar-refractivity contribution in [3.8, 4) is 11.5 Å². The zero-order valence-electron chi connectivity index (χ0n) is 18.2. The first kappa shape index (κ1) is 20.8. The molecular weight excluding hydrogens is 410 g/mol. The minimum Gasteiger partial charge on any atom is -0.495 e. The summed E-state index contributed by atoms with van der Waals surface area (Å²) < 4.78 is 42.3. The molecule has 5 rings (SSSR count). The van der Waals surface area contributed by atoms with Gasteiger partial charge >= 0.3 is 0 Å². The lowest BCUT2D eigenvalue weighted by atomic mass is 9.77. The minimum absolute atomic E-state index is 0.248. The molecule has 0 aromatic heterocycles. The van der Waals surface area contributed by atoms with E-state index in [9.17, 15) is 8.42 Å². The summed E-state index contributed by atoms with van der Waals surface area (Å²) in [7, 11) is -2.22. The molecule has 2 aromatic rings. The lowest BCUT2D eigenvalue weighted by Gasteiger charge is -2.44. The Morgan fingerprint density at radius 3 is 2.45 bits per heavy atom. The second kappa shape index (κ2) is 8.14. The molecule has 166 valence electrons. The lowest BCUT2D eigenvalue weighted by molar-refractivity contribution is 0.0000734. The lowest BCUT2D eigenvalue weighted by Crippen LogP contribution is -2.46. The van der Waals surface area contributed by atoms with Crippen LogP contribution in [-0.2, 0) is 22.9 Å². The molecule has 1 heterocycles. The van der Waals surface area contributed by atoms with Crippen molar-refractivity contribution in [2.75, 3.05) is 7.11 Å². The van der Waals surface area contributed by atoms with Gasteiger partial charge in [-0.15, -0.1) is 0 Å². The SMILES string of the molecule is COc1cc2c(cc1S(=O)(=O)N[C@@H]1CC3(CCCCC3)Oc3ccccc31)CCCC2. The fourth-order valence-electron chi connectivity index (χ4n) is 5.59. The number of sulfonamides is 1. The zero-order valence-corrected chi connectivity index (χ0v) is 19.0. The molecule has 1 atom stereocenters. The Labute approximate surface area is 185 Å². The highest BCUT2D eigenvalue weighted by atomic mass is 32.2. The van der Waals surface area contributed by atoms with Gasteiger partial charge in [-0.1, -0.05) is 24.6 Å². The van der Waals surface area contributed by atoms with Gasteiger partial charge in [0.2, 0.25) is 10.0 Å². The minimum atomic E-state index is -3.76. The molecule has 1 aliphatic heterocycles. The fraction of sp³-hybridized carbons (Fsp3) is 0.520. The van der Waals surface area contributed by atoms with Crippen LogP contribution in [0.3, 0.4) is 0 Å². The van der Waals surface area contributed by atoms with E-state index in [1.807, 2.05) is 36.4 Å². The molecule has 0 saturated heterocycles. The molecule has 5 nitrogen and oxygen atoms in total. The zero-order chi connectivity index (χ0) is 21.5. The number of rotatable bonds is 4. The largest absolute Gasteiger partial charge is 0.495 e. The van der Waals surface area contributed by atoms with Gasteiger partial charge in [0.1, 0.15) is 22.0 Å². The van der Waals surface area contributed by atoms with Gasteiger partial charge in [-0.2, -0.15) is 0 Å². The van der Waals surface area contributed by atoms with E-state index in [0.29, 0.717) is 12.2 Å². The predicted octanol–water partition coefficient (Wildman–Crippen LogP) is 5.08. The summed E-state index contributed by atoms with van der Waals surface area (Å²) in [5.41, 5.74) is 2.97. The monoisotopic (exact) mass is 441 g/mol. The quantitative estimate of drug-likeness (QED) is 0.719. The summed E-state index contributed by atoms with van der Waals surface area (Å²) in [5.74, 6) is 1.24. The second-order valence-electron chi connectivity index (χ2n) is 9.24. The van der Waals surface area contributed by atoms with E-state index in [1.165, 1.54) is 12.0 Å². The first-order valence-electron chi connectivity index (χ1n) is 11.5. The number of nitrogens with one attached hydrogen (secondary N) is 1. The number of hydrogen-bond acceptors (Lipinski definition) is 4. The standard InChI is InChI=1S/C25H31NO4S/c1-29-23-15-18-9-3-4-10-19(18)16-24(23)31(27,28)26-21-17-25(13-7-2-8-14-25)30-22-12-6-5-11-20(21)22/h5-6,11-12,15-16,21,26H,2-4,7-10,13-14,17H2,1H3/t21-/m1/s1. The molecule has 1 saturated carbocycles. The molecule has 1 N–H and O–H groups in total. The van der Waals surface area contributed by atoms with Crippen molar-refractivity contribution in [2.24, 2.45) is 0 Å². The summed E-state index contributed by atoms with van der Waals surface area (Å²) in [6, 6.07) is 11.3. The van der Waals surface area contributed by atoms with E-state index in [0.717, 1.165) is 68.2 Å². The molecule has 0 unspecified atom stereocenters. The maximum atomic E-state index is 13.6. The van der Waals surface area contributed by atoms with E-state index >= 15 is 0 Å². The molecule has 6 heteroatoms. The van der Waals surface area contributed by atoms with E-state index in [1.54, 1.807) is 7.11 Å². The number of para-hydroxylation sites is 1. The van der Waals surface area contributed by atoms with Gasteiger partial charge in [0, 0.05) is 12.0 Å². The van der Waals surface area contributed by atoms with Crippen LogP contribution in [0.25, 0.3) is 0 Å². The van der Waals surface area contributed by atoms with Gasteiger partial charge in [0.25, 0.3) is 0 Å². The Morgan fingerprint density at radius 2 is 1.71 bits per heavy atom.